The summed E-state index contributed by atoms with van der Waals surface area (Å²) >= 11 is 0. The van der Waals surface area contributed by atoms with E-state index in [9.17, 15) is 0 Å². The summed E-state index contributed by atoms with van der Waals surface area (Å²) in [4.78, 5) is 7.19. The zero-order valence-electron chi connectivity index (χ0n) is 8.53. The van der Waals surface area contributed by atoms with Crippen LogP contribution in [-0.2, 0) is 0 Å². The van der Waals surface area contributed by atoms with Gasteiger partial charge in [0.05, 0.1) is 6.61 Å². The van der Waals surface area contributed by atoms with Crippen LogP contribution in [0, 0.1) is 0 Å². The van der Waals surface area contributed by atoms with Crippen molar-refractivity contribution in [3.05, 3.63) is 30.6 Å². The first kappa shape index (κ1) is 9.58. The maximum atomic E-state index is 5.77. The van der Waals surface area contributed by atoms with Crippen molar-refractivity contribution in [3.63, 3.8) is 0 Å². The fourth-order valence-electron chi connectivity index (χ4n) is 1.43. The van der Waals surface area contributed by atoms with E-state index in [1.807, 2.05) is 19.1 Å². The maximum Gasteiger partial charge on any atom is 0.137 e. The molecule has 2 rings (SSSR count). The van der Waals surface area contributed by atoms with Crippen LogP contribution in [0.2, 0.25) is 0 Å². The van der Waals surface area contributed by atoms with E-state index in [1.54, 1.807) is 18.5 Å². The van der Waals surface area contributed by atoms with Gasteiger partial charge in [0.2, 0.25) is 0 Å². The predicted molar refractivity (Wildman–Crippen MR) is 59.6 cm³/mol. The fourth-order valence-corrected chi connectivity index (χ4v) is 1.43. The average Bonchev–Trinajstić information content (AvgIpc) is 2.70. The summed E-state index contributed by atoms with van der Waals surface area (Å²) < 4.78 is 5.40. The van der Waals surface area contributed by atoms with Crippen LogP contribution in [0.1, 0.15) is 6.92 Å². The molecule has 1 aromatic heterocycles. The number of hydrogen-bond donors (Lipinski definition) is 2. The topological polar surface area (TPSA) is 63.9 Å². The highest BCUT2D eigenvalue weighted by Crippen LogP contribution is 2.24. The van der Waals surface area contributed by atoms with E-state index in [1.165, 1.54) is 0 Å². The predicted octanol–water partition coefficient (Wildman–Crippen LogP) is 2.06. The van der Waals surface area contributed by atoms with Gasteiger partial charge in [0.1, 0.15) is 11.6 Å². The molecule has 0 spiro atoms. The Bertz CT molecular complexity index is 437. The Hall–Kier alpha value is -1.97. The van der Waals surface area contributed by atoms with Gasteiger partial charge in [0, 0.05) is 29.7 Å². The molecule has 0 atom stereocenters. The number of benzene rings is 1. The number of aromatic amines is 1. The number of nitrogen functional groups attached to an aromatic ring is 1. The molecule has 4 nitrogen and oxygen atoms in total. The molecule has 0 aliphatic carbocycles. The van der Waals surface area contributed by atoms with E-state index >= 15 is 0 Å². The Balaban J connectivity index is 2.40. The highest BCUT2D eigenvalue weighted by Gasteiger charge is 2.03. The van der Waals surface area contributed by atoms with Gasteiger partial charge in [-0.2, -0.15) is 0 Å². The van der Waals surface area contributed by atoms with Crippen LogP contribution in [-0.4, -0.2) is 16.6 Å². The highest BCUT2D eigenvalue weighted by molar-refractivity contribution is 5.64. The van der Waals surface area contributed by atoms with Crippen molar-refractivity contribution in [2.75, 3.05) is 12.3 Å². The van der Waals surface area contributed by atoms with E-state index in [4.69, 9.17) is 10.5 Å². The third-order valence-electron chi connectivity index (χ3n) is 2.01. The summed E-state index contributed by atoms with van der Waals surface area (Å²) in [6.07, 6.45) is 3.48. The lowest BCUT2D eigenvalue weighted by molar-refractivity contribution is 0.340. The van der Waals surface area contributed by atoms with Crippen molar-refractivity contribution >= 4 is 5.69 Å². The maximum absolute atomic E-state index is 5.77. The molecule has 15 heavy (non-hydrogen) atoms. The van der Waals surface area contributed by atoms with Crippen molar-refractivity contribution in [1.82, 2.24) is 9.97 Å². The quantitative estimate of drug-likeness (QED) is 0.750. The van der Waals surface area contributed by atoms with Gasteiger partial charge in [0.15, 0.2) is 0 Å². The van der Waals surface area contributed by atoms with E-state index in [-0.39, 0.29) is 0 Å². The first-order valence-corrected chi connectivity index (χ1v) is 4.82. The van der Waals surface area contributed by atoms with Gasteiger partial charge in [0.25, 0.3) is 0 Å². The highest BCUT2D eigenvalue weighted by atomic mass is 16.5. The van der Waals surface area contributed by atoms with E-state index < -0.39 is 0 Å². The summed E-state index contributed by atoms with van der Waals surface area (Å²) in [6, 6.07) is 5.58. The number of aromatic nitrogens is 2. The van der Waals surface area contributed by atoms with E-state index in [0.29, 0.717) is 12.3 Å². The molecule has 3 N–H and O–H groups in total. The van der Waals surface area contributed by atoms with Crippen LogP contribution < -0.4 is 10.5 Å². The molecule has 0 saturated carbocycles. The van der Waals surface area contributed by atoms with Crippen molar-refractivity contribution < 1.29 is 4.74 Å². The van der Waals surface area contributed by atoms with Crippen LogP contribution >= 0.6 is 0 Å². The van der Waals surface area contributed by atoms with Gasteiger partial charge in [-0.05, 0) is 19.1 Å². The van der Waals surface area contributed by atoms with Crippen LogP contribution in [0.3, 0.4) is 0 Å². The number of nitrogens with one attached hydrogen (secondary N) is 1. The van der Waals surface area contributed by atoms with E-state index in [0.717, 1.165) is 17.1 Å². The molecule has 0 aliphatic heterocycles. The molecule has 1 aromatic carbocycles. The summed E-state index contributed by atoms with van der Waals surface area (Å²) in [5.74, 6) is 1.56. The lowest BCUT2D eigenvalue weighted by atomic mass is 10.2. The molecule has 0 saturated heterocycles. The molecular formula is C11H13N3O. The van der Waals surface area contributed by atoms with Gasteiger partial charge in [-0.15, -0.1) is 0 Å². The van der Waals surface area contributed by atoms with Gasteiger partial charge in [-0.25, -0.2) is 4.98 Å². The number of nitrogens with zero attached hydrogens (tertiary/aromatic N) is 1. The molecule has 0 fully saturated rings. The average molecular weight is 203 g/mol. The molecule has 4 heteroatoms. The number of ether oxygens (including phenoxy) is 1. The zero-order valence-corrected chi connectivity index (χ0v) is 8.53. The monoisotopic (exact) mass is 203 g/mol. The van der Waals surface area contributed by atoms with Crippen molar-refractivity contribution in [2.45, 2.75) is 6.92 Å². The largest absolute Gasteiger partial charge is 0.494 e. The Kier molecular flexibility index (Phi) is 2.58. The molecule has 0 unspecified atom stereocenters. The first-order valence-electron chi connectivity index (χ1n) is 4.82. The second-order valence-electron chi connectivity index (χ2n) is 3.16. The Labute approximate surface area is 88.1 Å². The normalized spacial score (nSPS) is 10.2. The van der Waals surface area contributed by atoms with Gasteiger partial charge in [-0.1, -0.05) is 0 Å². The summed E-state index contributed by atoms with van der Waals surface area (Å²) in [7, 11) is 0. The number of hydrogen-bond acceptors (Lipinski definition) is 3. The van der Waals surface area contributed by atoms with Crippen LogP contribution in [0.15, 0.2) is 30.6 Å². The molecule has 1 heterocycles. The van der Waals surface area contributed by atoms with Gasteiger partial charge in [-0.3, -0.25) is 0 Å². The molecule has 78 valence electrons. The van der Waals surface area contributed by atoms with Gasteiger partial charge < -0.3 is 15.5 Å². The molecule has 0 amide bonds. The first-order chi connectivity index (χ1) is 7.29. The second-order valence-corrected chi connectivity index (χ2v) is 3.16. The fraction of sp³-hybridized carbons (Fsp3) is 0.182. The molecule has 0 aliphatic rings. The SMILES string of the molecule is CCOc1cc(N)cc(-c2ncc[nH]2)c1. The summed E-state index contributed by atoms with van der Waals surface area (Å²) in [5.41, 5.74) is 7.38. The van der Waals surface area contributed by atoms with Crippen LogP contribution in [0.4, 0.5) is 5.69 Å². The van der Waals surface area contributed by atoms with Crippen LogP contribution in [0.5, 0.6) is 5.75 Å². The Morgan fingerprint density at radius 3 is 2.93 bits per heavy atom. The Morgan fingerprint density at radius 2 is 2.27 bits per heavy atom. The molecule has 0 radical (unpaired) electrons. The summed E-state index contributed by atoms with van der Waals surface area (Å²) in [5, 5.41) is 0. The van der Waals surface area contributed by atoms with Gasteiger partial charge >= 0.3 is 0 Å². The van der Waals surface area contributed by atoms with Crippen LogP contribution in [0.25, 0.3) is 11.4 Å². The molecule has 2 aromatic rings. The third kappa shape index (κ3) is 2.10. The number of anilines is 1. The zero-order chi connectivity index (χ0) is 10.7. The second kappa shape index (κ2) is 4.04. The summed E-state index contributed by atoms with van der Waals surface area (Å²) in [6.45, 7) is 2.57. The number of nitrogens with two attached hydrogens (primary N) is 1. The minimum Gasteiger partial charge on any atom is -0.494 e. The van der Waals surface area contributed by atoms with Crippen molar-refractivity contribution in [1.29, 1.82) is 0 Å². The minimum absolute atomic E-state index is 0.626. The Morgan fingerprint density at radius 1 is 1.40 bits per heavy atom. The number of imidazole rings is 1. The number of H-pyrrole nitrogens is 1. The van der Waals surface area contributed by atoms with E-state index in [2.05, 4.69) is 9.97 Å². The number of rotatable bonds is 3. The third-order valence-corrected chi connectivity index (χ3v) is 2.01. The standard InChI is InChI=1S/C11H13N3O/c1-2-15-10-6-8(5-9(12)7-10)11-13-3-4-14-11/h3-7H,2,12H2,1H3,(H,13,14). The molecule has 0 bridgehead atoms. The van der Waals surface area contributed by atoms with Crippen molar-refractivity contribution in [3.8, 4) is 17.1 Å². The lowest BCUT2D eigenvalue weighted by Crippen LogP contribution is -1.94. The lowest BCUT2D eigenvalue weighted by Gasteiger charge is -2.06. The molecular weight excluding hydrogens is 190 g/mol. The minimum atomic E-state index is 0.626. The smallest absolute Gasteiger partial charge is 0.137 e. The van der Waals surface area contributed by atoms with Crippen molar-refractivity contribution in [2.24, 2.45) is 0 Å².